The molecule has 1 rings (SSSR count). The van der Waals surface area contributed by atoms with Crippen molar-refractivity contribution in [1.29, 1.82) is 0 Å². The molecule has 5 heteroatoms. The number of nitrogens with zero attached hydrogens (tertiary/aromatic N) is 1. The van der Waals surface area contributed by atoms with E-state index in [1.807, 2.05) is 0 Å². The number of carboxylic acids is 1. The van der Waals surface area contributed by atoms with Gasteiger partial charge >= 0.3 is 11.9 Å². The summed E-state index contributed by atoms with van der Waals surface area (Å²) < 4.78 is 4.72. The smallest absolute Gasteiger partial charge is 0.335 e. The van der Waals surface area contributed by atoms with Gasteiger partial charge in [0, 0.05) is 0 Å². The summed E-state index contributed by atoms with van der Waals surface area (Å²) in [5.41, 5.74) is -0.539. The fraction of sp³-hybridized carbons (Fsp3) is 0.583. The molecular formula is C12H15NO4. The molecule has 1 saturated carbocycles. The minimum Gasteiger partial charge on any atom is -0.481 e. The molecule has 1 N–H and O–H groups in total. The van der Waals surface area contributed by atoms with E-state index >= 15 is 0 Å². The molecule has 1 fully saturated rings. The Morgan fingerprint density at radius 3 is 2.47 bits per heavy atom. The molecule has 0 spiro atoms. The SMILES string of the molecule is [C-]#[N+]C(=CC1C(C(=O)O)C1(C)C)C(=O)OCC. The third-order valence-corrected chi connectivity index (χ3v) is 3.12. The quantitative estimate of drug-likeness (QED) is 0.459. The Morgan fingerprint density at radius 1 is 1.53 bits per heavy atom. The average molecular weight is 237 g/mol. The van der Waals surface area contributed by atoms with Crippen LogP contribution in [0.5, 0.6) is 0 Å². The van der Waals surface area contributed by atoms with E-state index < -0.39 is 23.3 Å². The molecule has 0 aromatic carbocycles. The van der Waals surface area contributed by atoms with Crippen LogP contribution < -0.4 is 0 Å². The molecule has 0 heterocycles. The van der Waals surface area contributed by atoms with Crippen LogP contribution in [0.3, 0.4) is 0 Å². The van der Waals surface area contributed by atoms with Gasteiger partial charge in [-0.15, -0.1) is 0 Å². The second-order valence-corrected chi connectivity index (χ2v) is 4.55. The second kappa shape index (κ2) is 4.58. The third-order valence-electron chi connectivity index (χ3n) is 3.12. The number of hydrogen-bond donors (Lipinski definition) is 1. The van der Waals surface area contributed by atoms with Crippen LogP contribution in [-0.4, -0.2) is 23.7 Å². The minimum atomic E-state index is -0.899. The van der Waals surface area contributed by atoms with E-state index in [9.17, 15) is 9.59 Å². The highest BCUT2D eigenvalue weighted by atomic mass is 16.5. The van der Waals surface area contributed by atoms with Gasteiger partial charge in [-0.25, -0.2) is 4.85 Å². The lowest BCUT2D eigenvalue weighted by Gasteiger charge is -2.00. The van der Waals surface area contributed by atoms with E-state index in [4.69, 9.17) is 16.4 Å². The molecule has 92 valence electrons. The van der Waals surface area contributed by atoms with Crippen molar-refractivity contribution in [3.63, 3.8) is 0 Å². The number of allylic oxidation sites excluding steroid dienone is 1. The number of esters is 1. The number of ether oxygens (including phenoxy) is 1. The zero-order chi connectivity index (χ0) is 13.2. The topological polar surface area (TPSA) is 68.0 Å². The summed E-state index contributed by atoms with van der Waals surface area (Å²) >= 11 is 0. The molecule has 5 nitrogen and oxygen atoms in total. The van der Waals surface area contributed by atoms with Crippen molar-refractivity contribution >= 4 is 11.9 Å². The average Bonchev–Trinajstić information content (AvgIpc) is 2.77. The molecule has 0 aliphatic heterocycles. The Labute approximate surface area is 99.9 Å². The maximum absolute atomic E-state index is 11.4. The summed E-state index contributed by atoms with van der Waals surface area (Å²) in [6.45, 7) is 12.4. The Morgan fingerprint density at radius 2 is 2.12 bits per heavy atom. The number of carbonyl (C=O) groups is 2. The molecule has 0 aromatic heterocycles. The zero-order valence-corrected chi connectivity index (χ0v) is 10.1. The molecule has 17 heavy (non-hydrogen) atoms. The van der Waals surface area contributed by atoms with Crippen LogP contribution in [0.1, 0.15) is 20.8 Å². The minimum absolute atomic E-state index is 0.131. The monoisotopic (exact) mass is 237 g/mol. The molecule has 0 saturated heterocycles. The molecule has 0 aromatic rings. The Kier molecular flexibility index (Phi) is 3.56. The van der Waals surface area contributed by atoms with Crippen LogP contribution in [0.4, 0.5) is 0 Å². The molecule has 1 aliphatic rings. The fourth-order valence-corrected chi connectivity index (χ4v) is 1.99. The van der Waals surface area contributed by atoms with Gasteiger partial charge in [0.1, 0.15) is 0 Å². The van der Waals surface area contributed by atoms with Crippen LogP contribution in [0, 0.1) is 23.8 Å². The Balaban J connectivity index is 2.86. The number of carbonyl (C=O) groups excluding carboxylic acids is 1. The van der Waals surface area contributed by atoms with E-state index in [1.54, 1.807) is 20.8 Å². The summed E-state index contributed by atoms with van der Waals surface area (Å²) in [6, 6.07) is 0. The molecule has 0 bridgehead atoms. The number of aliphatic carboxylic acids is 1. The lowest BCUT2D eigenvalue weighted by Crippen LogP contribution is -2.06. The van der Waals surface area contributed by atoms with Gasteiger partial charge in [0.15, 0.2) is 0 Å². The summed E-state index contributed by atoms with van der Waals surface area (Å²) in [6.07, 6.45) is 1.42. The normalized spacial score (nSPS) is 25.9. The van der Waals surface area contributed by atoms with Crippen molar-refractivity contribution in [2.24, 2.45) is 17.3 Å². The first-order valence-corrected chi connectivity index (χ1v) is 5.35. The van der Waals surface area contributed by atoms with Crippen LogP contribution >= 0.6 is 0 Å². The van der Waals surface area contributed by atoms with Crippen LogP contribution in [0.2, 0.25) is 0 Å². The summed E-state index contributed by atoms with van der Waals surface area (Å²) in [4.78, 5) is 25.4. The number of rotatable bonds is 4. The van der Waals surface area contributed by atoms with Crippen molar-refractivity contribution in [2.75, 3.05) is 6.61 Å². The molecule has 0 amide bonds. The van der Waals surface area contributed by atoms with E-state index in [0.717, 1.165) is 0 Å². The standard InChI is InChI=1S/C12H15NO4/c1-5-17-11(16)8(13-4)6-7-9(10(14)15)12(7,2)3/h6-7,9H,5H2,1-3H3,(H,14,15). The predicted molar refractivity (Wildman–Crippen MR) is 59.7 cm³/mol. The maximum Gasteiger partial charge on any atom is 0.335 e. The van der Waals surface area contributed by atoms with Crippen LogP contribution in [0.15, 0.2) is 11.8 Å². The van der Waals surface area contributed by atoms with Gasteiger partial charge < -0.3 is 9.84 Å². The van der Waals surface area contributed by atoms with Gasteiger partial charge in [-0.2, -0.15) is 0 Å². The van der Waals surface area contributed by atoms with Crippen molar-refractivity contribution in [3.05, 3.63) is 23.2 Å². The van der Waals surface area contributed by atoms with Crippen molar-refractivity contribution in [3.8, 4) is 0 Å². The van der Waals surface area contributed by atoms with Crippen LogP contribution in [-0.2, 0) is 14.3 Å². The highest BCUT2D eigenvalue weighted by Gasteiger charge is 2.60. The van der Waals surface area contributed by atoms with E-state index in [-0.39, 0.29) is 18.2 Å². The van der Waals surface area contributed by atoms with Gasteiger partial charge in [-0.3, -0.25) is 9.59 Å². The first-order valence-electron chi connectivity index (χ1n) is 5.35. The molecular weight excluding hydrogens is 222 g/mol. The van der Waals surface area contributed by atoms with Gasteiger partial charge in [-0.05, 0) is 18.3 Å². The zero-order valence-electron chi connectivity index (χ0n) is 10.1. The summed E-state index contributed by atoms with van der Waals surface area (Å²) in [5, 5.41) is 8.96. The maximum atomic E-state index is 11.4. The highest BCUT2D eigenvalue weighted by Crippen LogP contribution is 2.59. The fourth-order valence-electron chi connectivity index (χ4n) is 1.99. The van der Waals surface area contributed by atoms with E-state index in [1.165, 1.54) is 6.08 Å². The number of carboxylic acid groups (broad SMARTS) is 1. The Bertz CT molecular complexity index is 417. The summed E-state index contributed by atoms with van der Waals surface area (Å²) in [5.74, 6) is -2.40. The molecule has 1 aliphatic carbocycles. The van der Waals surface area contributed by atoms with Crippen molar-refractivity contribution in [1.82, 2.24) is 0 Å². The van der Waals surface area contributed by atoms with Gasteiger partial charge in [0.2, 0.25) is 0 Å². The summed E-state index contributed by atoms with van der Waals surface area (Å²) in [7, 11) is 0. The molecule has 2 unspecified atom stereocenters. The van der Waals surface area contributed by atoms with Crippen molar-refractivity contribution < 1.29 is 19.4 Å². The number of hydrogen-bond acceptors (Lipinski definition) is 3. The van der Waals surface area contributed by atoms with Crippen molar-refractivity contribution in [2.45, 2.75) is 20.8 Å². The first kappa shape index (κ1) is 13.2. The van der Waals surface area contributed by atoms with Gasteiger partial charge in [0.05, 0.1) is 19.1 Å². The lowest BCUT2D eigenvalue weighted by molar-refractivity contribution is -0.140. The highest BCUT2D eigenvalue weighted by molar-refractivity contribution is 5.91. The first-order chi connectivity index (χ1) is 7.86. The third kappa shape index (κ3) is 2.47. The van der Waals surface area contributed by atoms with Gasteiger partial charge in [-0.1, -0.05) is 19.9 Å². The van der Waals surface area contributed by atoms with Crippen LogP contribution in [0.25, 0.3) is 4.85 Å². The molecule has 0 radical (unpaired) electrons. The van der Waals surface area contributed by atoms with Gasteiger partial charge in [0.25, 0.3) is 5.70 Å². The second-order valence-electron chi connectivity index (χ2n) is 4.55. The predicted octanol–water partition coefficient (Wildman–Crippen LogP) is 1.71. The largest absolute Gasteiger partial charge is 0.481 e. The van der Waals surface area contributed by atoms with E-state index in [0.29, 0.717) is 0 Å². The van der Waals surface area contributed by atoms with E-state index in [2.05, 4.69) is 4.85 Å². The molecule has 2 atom stereocenters. The lowest BCUT2D eigenvalue weighted by atomic mass is 10.1. The Hall–Kier alpha value is -1.83.